The largest absolute Gasteiger partial charge is 0.462 e. The van der Waals surface area contributed by atoms with Gasteiger partial charge in [-0.05, 0) is 32.8 Å². The summed E-state index contributed by atoms with van der Waals surface area (Å²) in [6, 6.07) is 0. The Labute approximate surface area is 122 Å². The fourth-order valence-corrected chi connectivity index (χ4v) is 3.06. The number of carbonyl (C=O) groups is 3. The lowest BCUT2D eigenvalue weighted by Crippen LogP contribution is -2.17. The summed E-state index contributed by atoms with van der Waals surface area (Å²) in [5.74, 6) is -1.07. The number of Topliss-reactive ketones (excluding diaryl/α,β-unsaturated/α-hetero) is 1. The molecule has 0 fully saturated rings. The van der Waals surface area contributed by atoms with Crippen LogP contribution in [0.4, 0.5) is 5.00 Å². The van der Waals surface area contributed by atoms with Crippen LogP contribution in [0.1, 0.15) is 48.0 Å². The minimum absolute atomic E-state index is 0.194. The Morgan fingerprint density at radius 2 is 1.90 bits per heavy atom. The van der Waals surface area contributed by atoms with Gasteiger partial charge in [-0.25, -0.2) is 4.79 Å². The summed E-state index contributed by atoms with van der Waals surface area (Å²) in [6.45, 7) is 7.20. The Balaban J connectivity index is 3.09. The molecule has 0 bridgehead atoms. The van der Waals surface area contributed by atoms with Crippen molar-refractivity contribution in [2.75, 3.05) is 11.9 Å². The molecule has 0 aliphatic heterocycles. The van der Waals surface area contributed by atoms with Crippen LogP contribution in [0.5, 0.6) is 0 Å². The van der Waals surface area contributed by atoms with Crippen LogP contribution in [-0.4, -0.2) is 24.3 Å². The zero-order valence-electron chi connectivity index (χ0n) is 12.2. The van der Waals surface area contributed by atoms with Crippen LogP contribution in [0.2, 0.25) is 0 Å². The first-order chi connectivity index (χ1) is 9.40. The Morgan fingerprint density at radius 3 is 2.40 bits per heavy atom. The molecule has 0 atom stereocenters. The summed E-state index contributed by atoms with van der Waals surface area (Å²) in [7, 11) is 0. The molecule has 0 saturated heterocycles. The number of ketones is 1. The van der Waals surface area contributed by atoms with Crippen molar-refractivity contribution in [2.24, 2.45) is 0 Å². The van der Waals surface area contributed by atoms with E-state index in [-0.39, 0.29) is 18.8 Å². The number of hydrogen-bond donors (Lipinski definition) is 1. The molecule has 5 nitrogen and oxygen atoms in total. The highest BCUT2D eigenvalue weighted by Gasteiger charge is 2.23. The van der Waals surface area contributed by atoms with Crippen molar-refractivity contribution >= 4 is 34.0 Å². The van der Waals surface area contributed by atoms with Gasteiger partial charge in [-0.3, -0.25) is 9.59 Å². The Bertz CT molecular complexity index is 534. The summed E-state index contributed by atoms with van der Waals surface area (Å²) in [6.07, 6.45) is 0.486. The number of esters is 1. The standard InChI is InChI=1S/C14H19NO4S/c1-5-10-9(4)20-13(12(10)14(18)19-6-2)15-11(17)7-8(3)16/h5-7H2,1-4H3,(H,15,17). The van der Waals surface area contributed by atoms with Crippen molar-refractivity contribution in [3.05, 3.63) is 16.0 Å². The van der Waals surface area contributed by atoms with E-state index >= 15 is 0 Å². The topological polar surface area (TPSA) is 72.5 Å². The van der Waals surface area contributed by atoms with E-state index in [4.69, 9.17) is 4.74 Å². The van der Waals surface area contributed by atoms with Crippen molar-refractivity contribution in [3.63, 3.8) is 0 Å². The lowest BCUT2D eigenvalue weighted by molar-refractivity contribution is -0.124. The second-order valence-electron chi connectivity index (χ2n) is 4.34. The Hall–Kier alpha value is -1.69. The van der Waals surface area contributed by atoms with E-state index in [1.807, 2.05) is 13.8 Å². The molecule has 110 valence electrons. The van der Waals surface area contributed by atoms with E-state index in [9.17, 15) is 14.4 Å². The number of carbonyl (C=O) groups excluding carboxylic acids is 3. The van der Waals surface area contributed by atoms with Gasteiger partial charge in [-0.1, -0.05) is 6.92 Å². The predicted molar refractivity (Wildman–Crippen MR) is 78.3 cm³/mol. The fraction of sp³-hybridized carbons (Fsp3) is 0.500. The normalized spacial score (nSPS) is 10.2. The highest BCUT2D eigenvalue weighted by atomic mass is 32.1. The maximum Gasteiger partial charge on any atom is 0.341 e. The van der Waals surface area contributed by atoms with E-state index in [1.165, 1.54) is 18.3 Å². The molecule has 20 heavy (non-hydrogen) atoms. The molecule has 0 spiro atoms. The lowest BCUT2D eigenvalue weighted by Gasteiger charge is -2.07. The van der Waals surface area contributed by atoms with E-state index in [2.05, 4.69) is 5.32 Å². The van der Waals surface area contributed by atoms with Crippen molar-refractivity contribution in [1.82, 2.24) is 0 Å². The van der Waals surface area contributed by atoms with Gasteiger partial charge in [0, 0.05) is 4.88 Å². The van der Waals surface area contributed by atoms with Gasteiger partial charge in [0.05, 0.1) is 18.6 Å². The van der Waals surface area contributed by atoms with E-state index in [0.29, 0.717) is 17.0 Å². The molecule has 0 aliphatic rings. The van der Waals surface area contributed by atoms with Crippen molar-refractivity contribution in [1.29, 1.82) is 0 Å². The summed E-state index contributed by atoms with van der Waals surface area (Å²) < 4.78 is 5.04. The number of nitrogens with one attached hydrogen (secondary N) is 1. The number of ether oxygens (including phenoxy) is 1. The number of aryl methyl sites for hydroxylation is 1. The van der Waals surface area contributed by atoms with Gasteiger partial charge < -0.3 is 10.1 Å². The predicted octanol–water partition coefficient (Wildman–Crippen LogP) is 2.71. The smallest absolute Gasteiger partial charge is 0.341 e. The molecule has 1 aromatic heterocycles. The van der Waals surface area contributed by atoms with Crippen LogP contribution in [-0.2, 0) is 20.7 Å². The molecule has 1 rings (SSSR count). The molecule has 1 heterocycles. The van der Waals surface area contributed by atoms with E-state index in [0.717, 1.165) is 10.4 Å². The second-order valence-corrected chi connectivity index (χ2v) is 5.57. The monoisotopic (exact) mass is 297 g/mol. The molecule has 0 unspecified atom stereocenters. The molecule has 6 heteroatoms. The van der Waals surface area contributed by atoms with Crippen LogP contribution in [0, 0.1) is 6.92 Å². The average molecular weight is 297 g/mol. The highest BCUT2D eigenvalue weighted by molar-refractivity contribution is 7.16. The first kappa shape index (κ1) is 16.4. The molecule has 1 N–H and O–H groups in total. The fourth-order valence-electron chi connectivity index (χ4n) is 1.91. The van der Waals surface area contributed by atoms with Crippen LogP contribution < -0.4 is 5.32 Å². The first-order valence-electron chi connectivity index (χ1n) is 6.49. The van der Waals surface area contributed by atoms with Crippen molar-refractivity contribution in [2.45, 2.75) is 40.5 Å². The minimum atomic E-state index is -0.438. The summed E-state index contributed by atoms with van der Waals surface area (Å²) >= 11 is 1.33. The third-order valence-electron chi connectivity index (χ3n) is 2.70. The Kier molecular flexibility index (Phi) is 5.88. The second kappa shape index (κ2) is 7.19. The van der Waals surface area contributed by atoms with Crippen molar-refractivity contribution in [3.8, 4) is 0 Å². The molecular weight excluding hydrogens is 278 g/mol. The van der Waals surface area contributed by atoms with Crippen molar-refractivity contribution < 1.29 is 19.1 Å². The molecule has 0 radical (unpaired) electrons. The van der Waals surface area contributed by atoms with Gasteiger partial charge in [0.2, 0.25) is 5.91 Å². The van der Waals surface area contributed by atoms with Gasteiger partial charge in [0.15, 0.2) is 0 Å². The van der Waals surface area contributed by atoms with Gasteiger partial charge in [-0.2, -0.15) is 0 Å². The first-order valence-corrected chi connectivity index (χ1v) is 7.30. The highest BCUT2D eigenvalue weighted by Crippen LogP contribution is 2.34. The number of hydrogen-bond acceptors (Lipinski definition) is 5. The van der Waals surface area contributed by atoms with E-state index in [1.54, 1.807) is 6.92 Å². The molecule has 1 amide bonds. The van der Waals surface area contributed by atoms with Gasteiger partial charge in [-0.15, -0.1) is 11.3 Å². The van der Waals surface area contributed by atoms with Gasteiger partial charge >= 0.3 is 5.97 Å². The molecular formula is C14H19NO4S. The summed E-state index contributed by atoms with van der Waals surface area (Å²) in [5, 5.41) is 3.10. The maximum atomic E-state index is 12.0. The van der Waals surface area contributed by atoms with Crippen LogP contribution in [0.25, 0.3) is 0 Å². The Morgan fingerprint density at radius 1 is 1.25 bits per heavy atom. The van der Waals surface area contributed by atoms with Gasteiger partial charge in [0.1, 0.15) is 10.8 Å². The molecule has 0 aromatic carbocycles. The SMILES string of the molecule is CCOC(=O)c1c(NC(=O)CC(C)=O)sc(C)c1CC. The average Bonchev–Trinajstić information content (AvgIpc) is 2.63. The van der Waals surface area contributed by atoms with Gasteiger partial charge in [0.25, 0.3) is 0 Å². The van der Waals surface area contributed by atoms with Crippen LogP contribution in [0.3, 0.4) is 0 Å². The quantitative estimate of drug-likeness (QED) is 0.647. The van der Waals surface area contributed by atoms with Crippen LogP contribution >= 0.6 is 11.3 Å². The van der Waals surface area contributed by atoms with E-state index < -0.39 is 11.9 Å². The zero-order valence-corrected chi connectivity index (χ0v) is 13.0. The number of amides is 1. The third-order valence-corrected chi connectivity index (χ3v) is 3.77. The number of anilines is 1. The third kappa shape index (κ3) is 3.90. The molecule has 0 saturated carbocycles. The molecule has 0 aliphatic carbocycles. The number of thiophene rings is 1. The summed E-state index contributed by atoms with van der Waals surface area (Å²) in [4.78, 5) is 35.6. The maximum absolute atomic E-state index is 12.0. The zero-order chi connectivity index (χ0) is 15.3. The lowest BCUT2D eigenvalue weighted by atomic mass is 10.1. The summed E-state index contributed by atoms with van der Waals surface area (Å²) in [5.41, 5.74) is 1.29. The number of rotatable bonds is 6. The van der Waals surface area contributed by atoms with Crippen LogP contribution in [0.15, 0.2) is 0 Å². The molecule has 1 aromatic rings. The minimum Gasteiger partial charge on any atom is -0.462 e.